The van der Waals surface area contributed by atoms with Gasteiger partial charge in [0.1, 0.15) is 11.5 Å². The molecule has 0 unspecified atom stereocenters. The smallest absolute Gasteiger partial charge is 0.238 e. The molecule has 1 heterocycles. The number of aryl methyl sites for hydroxylation is 1. The lowest BCUT2D eigenvalue weighted by molar-refractivity contribution is -0.117. The van der Waals surface area contributed by atoms with Gasteiger partial charge in [0.05, 0.1) is 26.5 Å². The van der Waals surface area contributed by atoms with Gasteiger partial charge >= 0.3 is 0 Å². The third kappa shape index (κ3) is 5.35. The lowest BCUT2D eigenvalue weighted by atomic mass is 9.88. The molecule has 154 valence electrons. The largest absolute Gasteiger partial charge is 0.497 e. The van der Waals surface area contributed by atoms with E-state index in [0.29, 0.717) is 23.7 Å². The summed E-state index contributed by atoms with van der Waals surface area (Å²) in [5.41, 5.74) is 2.54. The number of Topliss-reactive ketones (excluding diaryl/α,β-unsaturated/α-hetero) is 1. The molecule has 0 aliphatic carbocycles. The van der Waals surface area contributed by atoms with Gasteiger partial charge in [0.25, 0.3) is 0 Å². The normalized spacial score (nSPS) is 15.0. The van der Waals surface area contributed by atoms with Crippen LogP contribution in [0.1, 0.15) is 28.8 Å². The van der Waals surface area contributed by atoms with Gasteiger partial charge in [-0.1, -0.05) is 29.8 Å². The van der Waals surface area contributed by atoms with Gasteiger partial charge in [0.2, 0.25) is 5.91 Å². The van der Waals surface area contributed by atoms with Crippen molar-refractivity contribution >= 4 is 17.4 Å². The van der Waals surface area contributed by atoms with Crippen LogP contribution in [0.15, 0.2) is 42.5 Å². The standard InChI is InChI=1S/C23H28N2O4/c1-16-4-6-17(7-5-16)23(27)18-10-12-25(13-11-18)15-22(26)24-20-9-8-19(28-2)14-21(20)29-3/h4-9,14,18H,10-13,15H2,1-3H3,(H,24,26). The van der Waals surface area contributed by atoms with Crippen LogP contribution in [0, 0.1) is 12.8 Å². The van der Waals surface area contributed by atoms with Gasteiger partial charge in [0.15, 0.2) is 5.78 Å². The number of likely N-dealkylation sites (tertiary alicyclic amines) is 1. The van der Waals surface area contributed by atoms with Crippen LogP contribution in [0.5, 0.6) is 11.5 Å². The van der Waals surface area contributed by atoms with Crippen molar-refractivity contribution in [3.05, 3.63) is 53.6 Å². The van der Waals surface area contributed by atoms with Gasteiger partial charge in [-0.3, -0.25) is 14.5 Å². The zero-order valence-corrected chi connectivity index (χ0v) is 17.2. The molecule has 6 nitrogen and oxygen atoms in total. The van der Waals surface area contributed by atoms with E-state index in [9.17, 15) is 9.59 Å². The molecule has 1 aliphatic rings. The number of benzene rings is 2. The Morgan fingerprint density at radius 3 is 2.34 bits per heavy atom. The van der Waals surface area contributed by atoms with Crippen LogP contribution in [0.4, 0.5) is 5.69 Å². The van der Waals surface area contributed by atoms with Crippen LogP contribution in [0.25, 0.3) is 0 Å². The molecule has 1 amide bonds. The van der Waals surface area contributed by atoms with Crippen LogP contribution in [0.2, 0.25) is 0 Å². The second-order valence-corrected chi connectivity index (χ2v) is 7.40. The van der Waals surface area contributed by atoms with E-state index in [4.69, 9.17) is 9.47 Å². The van der Waals surface area contributed by atoms with Crippen molar-refractivity contribution in [2.45, 2.75) is 19.8 Å². The first-order valence-corrected chi connectivity index (χ1v) is 9.85. The molecular formula is C23H28N2O4. The number of carbonyl (C=O) groups excluding carboxylic acids is 2. The van der Waals surface area contributed by atoms with E-state index in [-0.39, 0.29) is 17.6 Å². The number of nitrogens with one attached hydrogen (secondary N) is 1. The van der Waals surface area contributed by atoms with E-state index in [1.54, 1.807) is 32.4 Å². The summed E-state index contributed by atoms with van der Waals surface area (Å²) in [6, 6.07) is 13.0. The molecule has 0 spiro atoms. The van der Waals surface area contributed by atoms with Gasteiger partial charge in [-0.05, 0) is 45.0 Å². The Kier molecular flexibility index (Phi) is 6.88. The topological polar surface area (TPSA) is 67.9 Å². The van der Waals surface area contributed by atoms with E-state index < -0.39 is 0 Å². The quantitative estimate of drug-likeness (QED) is 0.725. The van der Waals surface area contributed by atoms with Crippen LogP contribution in [0.3, 0.4) is 0 Å². The SMILES string of the molecule is COc1ccc(NC(=O)CN2CCC(C(=O)c3ccc(C)cc3)CC2)c(OC)c1. The van der Waals surface area contributed by atoms with Gasteiger partial charge in [0, 0.05) is 17.5 Å². The second-order valence-electron chi connectivity index (χ2n) is 7.40. The lowest BCUT2D eigenvalue weighted by Crippen LogP contribution is -2.40. The average Bonchev–Trinajstić information content (AvgIpc) is 2.74. The molecule has 0 aromatic heterocycles. The minimum atomic E-state index is -0.100. The Balaban J connectivity index is 1.51. The fourth-order valence-electron chi connectivity index (χ4n) is 3.60. The minimum Gasteiger partial charge on any atom is -0.497 e. The second kappa shape index (κ2) is 9.56. The van der Waals surface area contributed by atoms with Crippen LogP contribution < -0.4 is 14.8 Å². The molecule has 6 heteroatoms. The number of piperidine rings is 1. The number of ether oxygens (including phenoxy) is 2. The molecule has 1 fully saturated rings. The minimum absolute atomic E-state index is 0.0266. The zero-order chi connectivity index (χ0) is 20.8. The highest BCUT2D eigenvalue weighted by Crippen LogP contribution is 2.29. The Labute approximate surface area is 171 Å². The fraction of sp³-hybridized carbons (Fsp3) is 0.391. The maximum absolute atomic E-state index is 12.7. The third-order valence-corrected chi connectivity index (χ3v) is 5.34. The maximum atomic E-state index is 12.7. The van der Waals surface area contributed by atoms with Crippen molar-refractivity contribution in [3.8, 4) is 11.5 Å². The number of ketones is 1. The first kappa shape index (κ1) is 20.9. The van der Waals surface area contributed by atoms with Crippen molar-refractivity contribution in [3.63, 3.8) is 0 Å². The predicted molar refractivity (Wildman–Crippen MR) is 113 cm³/mol. The molecule has 2 aromatic carbocycles. The monoisotopic (exact) mass is 396 g/mol. The Morgan fingerprint density at radius 2 is 1.72 bits per heavy atom. The van der Waals surface area contributed by atoms with Gasteiger partial charge in [-0.15, -0.1) is 0 Å². The molecule has 2 aromatic rings. The average molecular weight is 396 g/mol. The molecule has 3 rings (SSSR count). The summed E-state index contributed by atoms with van der Waals surface area (Å²) >= 11 is 0. The van der Waals surface area contributed by atoms with Gasteiger partial charge < -0.3 is 14.8 Å². The summed E-state index contributed by atoms with van der Waals surface area (Å²) in [7, 11) is 3.14. The highest BCUT2D eigenvalue weighted by atomic mass is 16.5. The number of hydrogen-bond donors (Lipinski definition) is 1. The maximum Gasteiger partial charge on any atom is 0.238 e. The summed E-state index contributed by atoms with van der Waals surface area (Å²) < 4.78 is 10.5. The molecule has 0 radical (unpaired) electrons. The number of anilines is 1. The zero-order valence-electron chi connectivity index (χ0n) is 17.2. The highest BCUT2D eigenvalue weighted by molar-refractivity contribution is 5.98. The summed E-state index contributed by atoms with van der Waals surface area (Å²) in [5.74, 6) is 1.35. The highest BCUT2D eigenvalue weighted by Gasteiger charge is 2.26. The third-order valence-electron chi connectivity index (χ3n) is 5.34. The molecule has 1 saturated heterocycles. The van der Waals surface area contributed by atoms with Crippen LogP contribution in [-0.4, -0.2) is 50.4 Å². The van der Waals surface area contributed by atoms with E-state index >= 15 is 0 Å². The Bertz CT molecular complexity index is 856. The first-order chi connectivity index (χ1) is 14.0. The van der Waals surface area contributed by atoms with E-state index in [1.807, 2.05) is 31.2 Å². The number of hydrogen-bond acceptors (Lipinski definition) is 5. The van der Waals surface area contributed by atoms with Gasteiger partial charge in [-0.2, -0.15) is 0 Å². The number of carbonyl (C=O) groups is 2. The number of amides is 1. The molecule has 29 heavy (non-hydrogen) atoms. The van der Waals surface area contributed by atoms with Crippen LogP contribution >= 0.6 is 0 Å². The molecule has 1 N–H and O–H groups in total. The van der Waals surface area contributed by atoms with Crippen molar-refractivity contribution in [1.29, 1.82) is 0 Å². The molecule has 1 aliphatic heterocycles. The van der Waals surface area contributed by atoms with E-state index in [0.717, 1.165) is 37.1 Å². The number of rotatable bonds is 7. The molecule has 0 saturated carbocycles. The first-order valence-electron chi connectivity index (χ1n) is 9.85. The van der Waals surface area contributed by atoms with Crippen molar-refractivity contribution < 1.29 is 19.1 Å². The summed E-state index contributed by atoms with van der Waals surface area (Å²) in [5, 5.41) is 2.90. The molecule has 0 bridgehead atoms. The van der Waals surface area contributed by atoms with Crippen LogP contribution in [-0.2, 0) is 4.79 Å². The Hall–Kier alpha value is -2.86. The van der Waals surface area contributed by atoms with Crippen molar-refractivity contribution in [2.75, 3.05) is 39.2 Å². The predicted octanol–water partition coefficient (Wildman–Crippen LogP) is 3.55. The molecular weight excluding hydrogens is 368 g/mol. The summed E-state index contributed by atoms with van der Waals surface area (Å²) in [6.45, 7) is 3.77. The van der Waals surface area contributed by atoms with Gasteiger partial charge in [-0.25, -0.2) is 0 Å². The van der Waals surface area contributed by atoms with E-state index in [2.05, 4.69) is 10.2 Å². The Morgan fingerprint density at radius 1 is 1.03 bits per heavy atom. The fourth-order valence-corrected chi connectivity index (χ4v) is 3.60. The summed E-state index contributed by atoms with van der Waals surface area (Å²) in [6.07, 6.45) is 1.54. The van der Waals surface area contributed by atoms with Crippen molar-refractivity contribution in [1.82, 2.24) is 4.90 Å². The number of nitrogens with zero attached hydrogens (tertiary/aromatic N) is 1. The lowest BCUT2D eigenvalue weighted by Gasteiger charge is -2.30. The molecule has 0 atom stereocenters. The number of methoxy groups -OCH3 is 2. The summed E-state index contributed by atoms with van der Waals surface area (Å²) in [4.78, 5) is 27.2. The van der Waals surface area contributed by atoms with Crippen molar-refractivity contribution in [2.24, 2.45) is 5.92 Å². The van der Waals surface area contributed by atoms with E-state index in [1.165, 1.54) is 0 Å².